The van der Waals surface area contributed by atoms with Gasteiger partial charge < -0.3 is 45.1 Å². The van der Waals surface area contributed by atoms with Crippen molar-refractivity contribution in [3.8, 4) is 0 Å². The largest absolute Gasteiger partial charge is 0.454 e. The maximum atomic E-state index is 13.5. The van der Waals surface area contributed by atoms with Crippen LogP contribution in [0.15, 0.2) is 85.1 Å². The number of aliphatic hydroxyl groups is 5. The van der Waals surface area contributed by atoms with Gasteiger partial charge in [0, 0.05) is 6.42 Å². The number of rotatable bonds is 62. The molecule has 1 aliphatic rings. The summed E-state index contributed by atoms with van der Waals surface area (Å²) in [7, 11) is 0. The first-order chi connectivity index (χ1) is 42.7. The first kappa shape index (κ1) is 81.9. The highest BCUT2D eigenvalue weighted by Gasteiger charge is 2.47. The molecule has 0 aliphatic carbocycles. The Balaban J connectivity index is 2.55. The maximum absolute atomic E-state index is 13.5. The van der Waals surface area contributed by atoms with Gasteiger partial charge in [0.05, 0.1) is 25.4 Å². The zero-order valence-electron chi connectivity index (χ0n) is 56.1. The molecule has 0 saturated carbocycles. The van der Waals surface area contributed by atoms with Gasteiger partial charge in [0.2, 0.25) is 5.91 Å². The summed E-state index contributed by atoms with van der Waals surface area (Å²) in [6.07, 6.45) is 73.4. The molecule has 11 heteroatoms. The lowest BCUT2D eigenvalue weighted by molar-refractivity contribution is -0.305. The summed E-state index contributed by atoms with van der Waals surface area (Å²) < 4.78 is 17.7. The van der Waals surface area contributed by atoms with Gasteiger partial charge in [-0.15, -0.1) is 0 Å². The summed E-state index contributed by atoms with van der Waals surface area (Å²) in [6, 6.07) is -1.03. The number of nitrogens with one attached hydrogen (secondary N) is 1. The minimum Gasteiger partial charge on any atom is -0.454 e. The lowest BCUT2D eigenvalue weighted by Crippen LogP contribution is -2.61. The fourth-order valence-corrected chi connectivity index (χ4v) is 11.1. The Morgan fingerprint density at radius 3 is 1.24 bits per heavy atom. The number of carbonyl (C=O) groups excluding carboxylic acids is 2. The van der Waals surface area contributed by atoms with E-state index in [4.69, 9.17) is 14.2 Å². The lowest BCUT2D eigenvalue weighted by Gasteiger charge is -2.41. The van der Waals surface area contributed by atoms with Gasteiger partial charge in [0.25, 0.3) is 0 Å². The van der Waals surface area contributed by atoms with Gasteiger partial charge in [-0.05, 0) is 77.0 Å². The zero-order chi connectivity index (χ0) is 63.1. The molecule has 1 fully saturated rings. The number of esters is 1. The van der Waals surface area contributed by atoms with E-state index in [0.29, 0.717) is 19.3 Å². The molecule has 8 unspecified atom stereocenters. The Bertz CT molecular complexity index is 1740. The third kappa shape index (κ3) is 50.2. The van der Waals surface area contributed by atoms with Gasteiger partial charge in [-0.2, -0.15) is 0 Å². The molecule has 0 bridgehead atoms. The Morgan fingerprint density at radius 1 is 0.460 bits per heavy atom. The third-order valence-corrected chi connectivity index (χ3v) is 16.8. The van der Waals surface area contributed by atoms with Gasteiger partial charge in [-0.25, -0.2) is 0 Å². The summed E-state index contributed by atoms with van der Waals surface area (Å²) in [6.45, 7) is 5.70. The van der Waals surface area contributed by atoms with E-state index < -0.39 is 67.4 Å². The normalized spacial score (nSPS) is 18.7. The molecule has 0 radical (unpaired) electrons. The molecule has 11 nitrogen and oxygen atoms in total. The van der Waals surface area contributed by atoms with Crippen LogP contribution in [0.4, 0.5) is 0 Å². The number of hydrogen-bond donors (Lipinski definition) is 6. The SMILES string of the molecule is CC/C=C\C/C=C\C/C=C\C/C=C\C/C=C\C/C=C\CCCCCCCCC(=O)OC1C(OCC(NC(=O)C(O)CCCCCCCCCCCCCCCCCCCCCCCC)C(O)/C=C/CCCCCCCCCCC)OC(CO)C(O)C1O. The van der Waals surface area contributed by atoms with Crippen molar-refractivity contribution in [2.45, 2.75) is 372 Å². The second-order valence-corrected chi connectivity index (χ2v) is 24.9. The van der Waals surface area contributed by atoms with Crippen LogP contribution in [0, 0.1) is 0 Å². The van der Waals surface area contributed by atoms with E-state index in [2.05, 4.69) is 99.0 Å². The van der Waals surface area contributed by atoms with Crippen molar-refractivity contribution < 1.29 is 49.3 Å². The Hall–Kier alpha value is -3.16. The number of unbranched alkanes of at least 4 members (excludes halogenated alkanes) is 36. The van der Waals surface area contributed by atoms with Crippen LogP contribution in [0.1, 0.15) is 323 Å². The van der Waals surface area contributed by atoms with Crippen LogP contribution in [0.3, 0.4) is 0 Å². The number of ether oxygens (including phenoxy) is 3. The predicted molar refractivity (Wildman–Crippen MR) is 366 cm³/mol. The van der Waals surface area contributed by atoms with Gasteiger partial charge in [-0.3, -0.25) is 9.59 Å². The smallest absolute Gasteiger partial charge is 0.306 e. The molecular weight excluding hydrogens is 1090 g/mol. The van der Waals surface area contributed by atoms with Gasteiger partial charge >= 0.3 is 5.97 Å². The van der Waals surface area contributed by atoms with Crippen LogP contribution >= 0.6 is 0 Å². The van der Waals surface area contributed by atoms with Crippen molar-refractivity contribution in [2.75, 3.05) is 13.2 Å². The molecule has 0 spiro atoms. The molecule has 8 atom stereocenters. The van der Waals surface area contributed by atoms with E-state index in [0.717, 1.165) is 116 Å². The quantitative estimate of drug-likeness (QED) is 0.0195. The first-order valence-corrected chi connectivity index (χ1v) is 36.4. The van der Waals surface area contributed by atoms with Crippen LogP contribution in [0.2, 0.25) is 0 Å². The molecule has 6 N–H and O–H groups in total. The van der Waals surface area contributed by atoms with Crippen molar-refractivity contribution in [1.82, 2.24) is 5.32 Å². The summed E-state index contributed by atoms with van der Waals surface area (Å²) in [4.78, 5) is 26.7. The van der Waals surface area contributed by atoms with E-state index in [1.165, 1.54) is 161 Å². The highest BCUT2D eigenvalue weighted by atomic mass is 16.7. The van der Waals surface area contributed by atoms with Gasteiger partial charge in [0.1, 0.15) is 24.4 Å². The highest BCUT2D eigenvalue weighted by molar-refractivity contribution is 5.80. The summed E-state index contributed by atoms with van der Waals surface area (Å²) in [5, 5.41) is 57.2. The van der Waals surface area contributed by atoms with Gasteiger partial charge in [-0.1, -0.05) is 324 Å². The number of hydrogen-bond acceptors (Lipinski definition) is 10. The second-order valence-electron chi connectivity index (χ2n) is 24.9. The van der Waals surface area contributed by atoms with Crippen molar-refractivity contribution in [1.29, 1.82) is 0 Å². The van der Waals surface area contributed by atoms with Crippen LogP contribution in [0.25, 0.3) is 0 Å². The van der Waals surface area contributed by atoms with E-state index in [-0.39, 0.29) is 13.0 Å². The zero-order valence-corrected chi connectivity index (χ0v) is 56.1. The van der Waals surface area contributed by atoms with E-state index in [1.807, 2.05) is 6.08 Å². The monoisotopic (exact) mass is 1220 g/mol. The van der Waals surface area contributed by atoms with Crippen molar-refractivity contribution in [3.05, 3.63) is 85.1 Å². The first-order valence-electron chi connectivity index (χ1n) is 36.4. The number of carbonyl (C=O) groups is 2. The summed E-state index contributed by atoms with van der Waals surface area (Å²) in [5.74, 6) is -1.20. The predicted octanol–water partition coefficient (Wildman–Crippen LogP) is 18.8. The molecule has 504 valence electrons. The molecule has 1 amide bonds. The van der Waals surface area contributed by atoms with Crippen molar-refractivity contribution >= 4 is 11.9 Å². The number of aliphatic hydroxyl groups excluding tert-OH is 5. The Labute approximate surface area is 533 Å². The average Bonchev–Trinajstić information content (AvgIpc) is 3.12. The molecule has 0 aromatic carbocycles. The van der Waals surface area contributed by atoms with Gasteiger partial charge in [0.15, 0.2) is 12.4 Å². The molecular formula is C76H135NO10. The third-order valence-electron chi connectivity index (χ3n) is 16.8. The molecule has 0 aromatic heterocycles. The lowest BCUT2D eigenvalue weighted by atomic mass is 9.99. The van der Waals surface area contributed by atoms with E-state index in [9.17, 15) is 35.1 Å². The average molecular weight is 1220 g/mol. The topological polar surface area (TPSA) is 175 Å². The van der Waals surface area contributed by atoms with Crippen LogP contribution in [-0.4, -0.2) is 99.6 Å². The molecule has 1 aliphatic heterocycles. The summed E-state index contributed by atoms with van der Waals surface area (Å²) >= 11 is 0. The van der Waals surface area contributed by atoms with Crippen LogP contribution in [-0.2, 0) is 23.8 Å². The Morgan fingerprint density at radius 2 is 0.828 bits per heavy atom. The Kier molecular flexibility index (Phi) is 59.3. The van der Waals surface area contributed by atoms with Crippen LogP contribution < -0.4 is 5.32 Å². The van der Waals surface area contributed by atoms with Crippen molar-refractivity contribution in [2.24, 2.45) is 0 Å². The minimum absolute atomic E-state index is 0.104. The van der Waals surface area contributed by atoms with Crippen LogP contribution in [0.5, 0.6) is 0 Å². The molecule has 0 aromatic rings. The minimum atomic E-state index is -1.62. The fourth-order valence-electron chi connectivity index (χ4n) is 11.1. The van der Waals surface area contributed by atoms with Crippen molar-refractivity contribution in [3.63, 3.8) is 0 Å². The number of allylic oxidation sites excluding steroid dienone is 13. The molecule has 87 heavy (non-hydrogen) atoms. The molecule has 1 rings (SSSR count). The molecule has 1 heterocycles. The van der Waals surface area contributed by atoms with E-state index >= 15 is 0 Å². The number of amides is 1. The highest BCUT2D eigenvalue weighted by Crippen LogP contribution is 2.26. The fraction of sp³-hybridized carbons (Fsp3) is 0.789. The standard InChI is InChI=1S/C76H135NO10/c1-4-7-10-13-16-19-22-24-26-28-30-32-34-35-36-38-40-42-44-46-49-52-55-58-61-64-71(81)87-74-73(83)72(82)70(65-78)86-76(74)85-66-67(68(79)62-59-56-53-50-47-21-18-15-12-9-6-3)77-75(84)69(80)63-60-57-54-51-48-45-43-41-39-37-33-31-29-27-25-23-20-17-14-11-8-5-2/h7,10,16,19,24,26,30,32,35-36,40,42,59,62,67-70,72-74,76,78-80,82-83H,4-6,8-9,11-15,17-18,20-23,25,27-29,31,33-34,37-39,41,43-58,60-61,63-66H2,1-3H3,(H,77,84)/b10-7-,19-16-,26-24-,32-30-,36-35-,42-40-,62-59+. The molecule has 1 saturated heterocycles. The second kappa shape index (κ2) is 63.0. The van der Waals surface area contributed by atoms with E-state index in [1.54, 1.807) is 6.08 Å². The summed E-state index contributed by atoms with van der Waals surface area (Å²) in [5.41, 5.74) is 0. The maximum Gasteiger partial charge on any atom is 0.306 e.